The Labute approximate surface area is 120 Å². The lowest BCUT2D eigenvalue weighted by Crippen LogP contribution is -2.51. The highest BCUT2D eigenvalue weighted by Gasteiger charge is 2.33. The van der Waals surface area contributed by atoms with Crippen molar-refractivity contribution in [1.82, 2.24) is 4.31 Å². The standard InChI is InChI=1S/C14H22N2O3S/c1-2-3-12-4-6-14(7-5-12)20(17,18)16-8-9-19-11-13(16)10-15/h4-7,13H,2-3,8-11,15H2,1H3. The van der Waals surface area contributed by atoms with Crippen LogP contribution in [0.5, 0.6) is 0 Å². The summed E-state index contributed by atoms with van der Waals surface area (Å²) < 4.78 is 32.0. The summed E-state index contributed by atoms with van der Waals surface area (Å²) in [6.07, 6.45) is 2.01. The van der Waals surface area contributed by atoms with E-state index in [1.165, 1.54) is 4.31 Å². The molecule has 1 aromatic rings. The Morgan fingerprint density at radius 3 is 2.65 bits per heavy atom. The first-order valence-electron chi connectivity index (χ1n) is 6.98. The van der Waals surface area contributed by atoms with Crippen LogP contribution in [0.25, 0.3) is 0 Å². The number of hydrogen-bond acceptors (Lipinski definition) is 4. The molecule has 1 unspecified atom stereocenters. The minimum absolute atomic E-state index is 0.271. The van der Waals surface area contributed by atoms with Gasteiger partial charge >= 0.3 is 0 Å². The molecule has 0 aromatic heterocycles. The van der Waals surface area contributed by atoms with Gasteiger partial charge in [0, 0.05) is 13.1 Å². The van der Waals surface area contributed by atoms with E-state index in [0.29, 0.717) is 24.7 Å². The van der Waals surface area contributed by atoms with Gasteiger partial charge in [0.1, 0.15) is 0 Å². The summed E-state index contributed by atoms with van der Waals surface area (Å²) in [6, 6.07) is 6.86. The number of aryl methyl sites for hydroxylation is 1. The molecule has 1 aliphatic rings. The van der Waals surface area contributed by atoms with E-state index in [2.05, 4.69) is 6.92 Å². The number of benzene rings is 1. The van der Waals surface area contributed by atoms with Crippen LogP contribution in [0.15, 0.2) is 29.2 Å². The predicted octanol–water partition coefficient (Wildman–Crippen LogP) is 0.987. The second-order valence-electron chi connectivity index (χ2n) is 4.97. The molecule has 5 nitrogen and oxygen atoms in total. The average Bonchev–Trinajstić information content (AvgIpc) is 2.48. The molecule has 2 rings (SSSR count). The summed E-state index contributed by atoms with van der Waals surface area (Å²) in [5.41, 5.74) is 6.80. The van der Waals surface area contributed by atoms with Crippen molar-refractivity contribution in [2.45, 2.75) is 30.7 Å². The van der Waals surface area contributed by atoms with Crippen LogP contribution in [-0.4, -0.2) is 45.1 Å². The monoisotopic (exact) mass is 298 g/mol. The van der Waals surface area contributed by atoms with Gasteiger partial charge < -0.3 is 10.5 Å². The molecule has 0 radical (unpaired) electrons. The van der Waals surface area contributed by atoms with Crippen molar-refractivity contribution in [3.8, 4) is 0 Å². The maximum Gasteiger partial charge on any atom is 0.243 e. The molecule has 1 aromatic carbocycles. The van der Waals surface area contributed by atoms with Crippen molar-refractivity contribution in [1.29, 1.82) is 0 Å². The van der Waals surface area contributed by atoms with Gasteiger partial charge in [-0.3, -0.25) is 0 Å². The molecular formula is C14H22N2O3S. The van der Waals surface area contributed by atoms with Gasteiger partial charge in [0.05, 0.1) is 24.2 Å². The Hall–Kier alpha value is -0.950. The Morgan fingerprint density at radius 2 is 2.05 bits per heavy atom. The number of hydrogen-bond donors (Lipinski definition) is 1. The average molecular weight is 298 g/mol. The quantitative estimate of drug-likeness (QED) is 0.880. The van der Waals surface area contributed by atoms with Gasteiger partial charge in [0.15, 0.2) is 0 Å². The summed E-state index contributed by atoms with van der Waals surface area (Å²) in [7, 11) is -3.48. The van der Waals surface area contributed by atoms with E-state index >= 15 is 0 Å². The highest BCUT2D eigenvalue weighted by atomic mass is 32.2. The lowest BCUT2D eigenvalue weighted by molar-refractivity contribution is 0.0358. The molecule has 1 heterocycles. The van der Waals surface area contributed by atoms with E-state index < -0.39 is 10.0 Å². The zero-order chi connectivity index (χ0) is 14.6. The normalized spacial score (nSPS) is 21.0. The lowest BCUT2D eigenvalue weighted by atomic mass is 10.1. The summed E-state index contributed by atoms with van der Waals surface area (Å²) in [6.45, 7) is 3.52. The van der Waals surface area contributed by atoms with Crippen LogP contribution in [0.2, 0.25) is 0 Å². The van der Waals surface area contributed by atoms with Gasteiger partial charge in [-0.2, -0.15) is 4.31 Å². The van der Waals surface area contributed by atoms with E-state index in [9.17, 15) is 8.42 Å². The zero-order valence-corrected chi connectivity index (χ0v) is 12.6. The fourth-order valence-electron chi connectivity index (χ4n) is 2.39. The molecular weight excluding hydrogens is 276 g/mol. The van der Waals surface area contributed by atoms with Crippen LogP contribution in [0, 0.1) is 0 Å². The van der Waals surface area contributed by atoms with Gasteiger partial charge in [0.25, 0.3) is 0 Å². The third kappa shape index (κ3) is 3.20. The molecule has 1 saturated heterocycles. The van der Waals surface area contributed by atoms with E-state index in [0.717, 1.165) is 18.4 Å². The molecule has 20 heavy (non-hydrogen) atoms. The van der Waals surface area contributed by atoms with Gasteiger partial charge in [-0.25, -0.2) is 8.42 Å². The fourth-order valence-corrected chi connectivity index (χ4v) is 4.00. The topological polar surface area (TPSA) is 72.6 Å². The summed E-state index contributed by atoms with van der Waals surface area (Å²) in [5.74, 6) is 0. The first-order chi connectivity index (χ1) is 9.59. The fraction of sp³-hybridized carbons (Fsp3) is 0.571. The third-order valence-electron chi connectivity index (χ3n) is 3.51. The van der Waals surface area contributed by atoms with Crippen molar-refractivity contribution in [3.05, 3.63) is 29.8 Å². The van der Waals surface area contributed by atoms with Crippen LogP contribution in [0.1, 0.15) is 18.9 Å². The van der Waals surface area contributed by atoms with Crippen LogP contribution in [0.3, 0.4) is 0 Å². The molecule has 0 amide bonds. The molecule has 112 valence electrons. The summed E-state index contributed by atoms with van der Waals surface area (Å²) >= 11 is 0. The SMILES string of the molecule is CCCc1ccc(S(=O)(=O)N2CCOCC2CN)cc1. The largest absolute Gasteiger partial charge is 0.378 e. The summed E-state index contributed by atoms with van der Waals surface area (Å²) in [4.78, 5) is 0.331. The van der Waals surface area contributed by atoms with Crippen LogP contribution < -0.4 is 5.73 Å². The number of ether oxygens (including phenoxy) is 1. The van der Waals surface area contributed by atoms with Crippen LogP contribution >= 0.6 is 0 Å². The number of nitrogens with two attached hydrogens (primary N) is 1. The van der Waals surface area contributed by atoms with Crippen molar-refractivity contribution in [3.63, 3.8) is 0 Å². The number of morpholine rings is 1. The minimum atomic E-state index is -3.48. The van der Waals surface area contributed by atoms with Gasteiger partial charge in [-0.1, -0.05) is 25.5 Å². The van der Waals surface area contributed by atoms with Crippen LogP contribution in [0.4, 0.5) is 0 Å². The zero-order valence-electron chi connectivity index (χ0n) is 11.8. The molecule has 0 saturated carbocycles. The second kappa shape index (κ2) is 6.67. The molecule has 1 aliphatic heterocycles. The number of rotatable bonds is 5. The smallest absolute Gasteiger partial charge is 0.243 e. The maximum absolute atomic E-state index is 12.6. The predicted molar refractivity (Wildman–Crippen MR) is 78.0 cm³/mol. The van der Waals surface area contributed by atoms with Crippen molar-refractivity contribution >= 4 is 10.0 Å². The highest BCUT2D eigenvalue weighted by Crippen LogP contribution is 2.21. The van der Waals surface area contributed by atoms with Gasteiger partial charge in [-0.05, 0) is 24.1 Å². The Morgan fingerprint density at radius 1 is 1.35 bits per heavy atom. The number of nitrogens with zero attached hydrogens (tertiary/aromatic N) is 1. The third-order valence-corrected chi connectivity index (χ3v) is 5.48. The van der Waals surface area contributed by atoms with E-state index in [4.69, 9.17) is 10.5 Å². The summed E-state index contributed by atoms with van der Waals surface area (Å²) in [5, 5.41) is 0. The molecule has 1 fully saturated rings. The molecule has 1 atom stereocenters. The molecule has 0 aliphatic carbocycles. The van der Waals surface area contributed by atoms with E-state index in [1.807, 2.05) is 12.1 Å². The van der Waals surface area contributed by atoms with E-state index in [-0.39, 0.29) is 12.6 Å². The highest BCUT2D eigenvalue weighted by molar-refractivity contribution is 7.89. The lowest BCUT2D eigenvalue weighted by Gasteiger charge is -2.33. The van der Waals surface area contributed by atoms with Crippen molar-refractivity contribution in [2.24, 2.45) is 5.73 Å². The molecule has 0 bridgehead atoms. The first kappa shape index (κ1) is 15.4. The Balaban J connectivity index is 2.24. The first-order valence-corrected chi connectivity index (χ1v) is 8.42. The maximum atomic E-state index is 12.6. The van der Waals surface area contributed by atoms with Crippen molar-refractivity contribution < 1.29 is 13.2 Å². The number of sulfonamides is 1. The minimum Gasteiger partial charge on any atom is -0.378 e. The van der Waals surface area contributed by atoms with Gasteiger partial charge in [-0.15, -0.1) is 0 Å². The van der Waals surface area contributed by atoms with E-state index in [1.54, 1.807) is 12.1 Å². The second-order valence-corrected chi connectivity index (χ2v) is 6.86. The van der Waals surface area contributed by atoms with Gasteiger partial charge in [0.2, 0.25) is 10.0 Å². The molecule has 0 spiro atoms. The Bertz CT molecular complexity index is 528. The molecule has 6 heteroatoms. The Kier molecular flexibility index (Phi) is 5.15. The molecule has 2 N–H and O–H groups in total. The van der Waals surface area contributed by atoms with Crippen LogP contribution in [-0.2, 0) is 21.2 Å². The van der Waals surface area contributed by atoms with Crippen molar-refractivity contribution in [2.75, 3.05) is 26.3 Å².